The van der Waals surface area contributed by atoms with Gasteiger partial charge in [-0.25, -0.2) is 4.79 Å². The van der Waals surface area contributed by atoms with Crippen LogP contribution in [0.1, 0.15) is 11.1 Å². The molecule has 8 nitrogen and oxygen atoms in total. The third kappa shape index (κ3) is 4.67. The van der Waals surface area contributed by atoms with Crippen molar-refractivity contribution in [1.82, 2.24) is 15.1 Å². The number of benzene rings is 2. The van der Waals surface area contributed by atoms with E-state index in [2.05, 4.69) is 15.7 Å². The number of anilines is 1. The molecule has 3 aromatic rings. The molecule has 0 atom stereocenters. The molecule has 26 heavy (non-hydrogen) atoms. The van der Waals surface area contributed by atoms with Gasteiger partial charge in [-0.15, -0.1) is 0 Å². The predicted octanol–water partition coefficient (Wildman–Crippen LogP) is 3.16. The predicted molar refractivity (Wildman–Crippen MR) is 96.7 cm³/mol. The maximum atomic E-state index is 12.0. The molecule has 0 fully saturated rings. The summed E-state index contributed by atoms with van der Waals surface area (Å²) in [5.41, 5.74) is 2.31. The molecule has 2 N–H and O–H groups in total. The number of aromatic nitrogens is 2. The molecule has 0 aliphatic rings. The molecule has 1 heterocycles. The summed E-state index contributed by atoms with van der Waals surface area (Å²) < 4.78 is 1.82. The highest BCUT2D eigenvalue weighted by molar-refractivity contribution is 5.89. The van der Waals surface area contributed by atoms with Crippen molar-refractivity contribution in [3.63, 3.8) is 0 Å². The fourth-order valence-electron chi connectivity index (χ4n) is 2.47. The number of nitro groups is 1. The minimum Gasteiger partial charge on any atom is -0.334 e. The minimum atomic E-state index is -0.506. The van der Waals surface area contributed by atoms with Crippen LogP contribution in [0.4, 0.5) is 16.2 Å². The Kier molecular flexibility index (Phi) is 5.23. The number of hydrogen-bond donors (Lipinski definition) is 2. The SMILES string of the molecule is O=C(NCc1cccc(Cn2cccn2)c1)Nc1cccc([N+](=O)[O-])c1. The highest BCUT2D eigenvalue weighted by atomic mass is 16.6. The van der Waals surface area contributed by atoms with Gasteiger partial charge >= 0.3 is 6.03 Å². The van der Waals surface area contributed by atoms with Crippen molar-refractivity contribution >= 4 is 17.4 Å². The van der Waals surface area contributed by atoms with E-state index in [9.17, 15) is 14.9 Å². The summed E-state index contributed by atoms with van der Waals surface area (Å²) in [7, 11) is 0. The van der Waals surface area contributed by atoms with Crippen LogP contribution in [0, 0.1) is 10.1 Å². The standard InChI is InChI=1S/C18H17N5O3/c24-18(21-16-6-2-7-17(11-16)23(25)26)19-12-14-4-1-5-15(10-14)13-22-9-3-8-20-22/h1-11H,12-13H2,(H2,19,21,24). The first-order chi connectivity index (χ1) is 12.6. The number of non-ortho nitro benzene ring substituents is 1. The molecule has 0 aliphatic carbocycles. The van der Waals surface area contributed by atoms with Gasteiger partial charge in [-0.3, -0.25) is 14.8 Å². The third-order valence-electron chi connectivity index (χ3n) is 3.66. The van der Waals surface area contributed by atoms with E-state index >= 15 is 0 Å². The van der Waals surface area contributed by atoms with E-state index in [0.29, 0.717) is 18.8 Å². The maximum absolute atomic E-state index is 12.0. The van der Waals surface area contributed by atoms with E-state index in [1.54, 1.807) is 12.3 Å². The fraction of sp³-hybridized carbons (Fsp3) is 0.111. The number of carbonyl (C=O) groups excluding carboxylic acids is 1. The Balaban J connectivity index is 1.56. The lowest BCUT2D eigenvalue weighted by molar-refractivity contribution is -0.384. The summed E-state index contributed by atoms with van der Waals surface area (Å²) in [5.74, 6) is 0. The van der Waals surface area contributed by atoms with E-state index in [0.717, 1.165) is 11.1 Å². The van der Waals surface area contributed by atoms with Crippen LogP contribution in [-0.2, 0) is 13.1 Å². The van der Waals surface area contributed by atoms with Gasteiger partial charge in [0.15, 0.2) is 0 Å². The molecule has 0 aliphatic heterocycles. The average Bonchev–Trinajstić information content (AvgIpc) is 3.13. The van der Waals surface area contributed by atoms with Crippen LogP contribution in [0.5, 0.6) is 0 Å². The van der Waals surface area contributed by atoms with Crippen LogP contribution in [0.25, 0.3) is 0 Å². The Morgan fingerprint density at radius 2 is 1.92 bits per heavy atom. The summed E-state index contributed by atoms with van der Waals surface area (Å²) in [5, 5.41) is 20.3. The van der Waals surface area contributed by atoms with Gasteiger partial charge in [-0.05, 0) is 23.3 Å². The molecule has 0 unspecified atom stereocenters. The molecule has 3 rings (SSSR count). The zero-order valence-corrected chi connectivity index (χ0v) is 13.8. The lowest BCUT2D eigenvalue weighted by atomic mass is 10.1. The van der Waals surface area contributed by atoms with E-state index < -0.39 is 11.0 Å². The van der Waals surface area contributed by atoms with Gasteiger partial charge in [0, 0.05) is 36.8 Å². The van der Waals surface area contributed by atoms with Crippen molar-refractivity contribution in [2.24, 2.45) is 0 Å². The van der Waals surface area contributed by atoms with Gasteiger partial charge in [0.2, 0.25) is 0 Å². The number of hydrogen-bond acceptors (Lipinski definition) is 4. The molecular weight excluding hydrogens is 334 g/mol. The maximum Gasteiger partial charge on any atom is 0.319 e. The van der Waals surface area contributed by atoms with Gasteiger partial charge in [0.05, 0.1) is 11.5 Å². The highest BCUT2D eigenvalue weighted by Crippen LogP contribution is 2.16. The second kappa shape index (κ2) is 7.93. The molecule has 2 amide bonds. The van der Waals surface area contributed by atoms with Crippen LogP contribution in [0.3, 0.4) is 0 Å². The first kappa shape index (κ1) is 17.2. The normalized spacial score (nSPS) is 10.3. The number of urea groups is 1. The van der Waals surface area contributed by atoms with E-state index in [4.69, 9.17) is 0 Å². The summed E-state index contributed by atoms with van der Waals surface area (Å²) in [6.07, 6.45) is 3.61. The van der Waals surface area contributed by atoms with Crippen LogP contribution in [0.2, 0.25) is 0 Å². The van der Waals surface area contributed by atoms with Crippen molar-refractivity contribution in [3.8, 4) is 0 Å². The molecular formula is C18H17N5O3. The number of carbonyl (C=O) groups is 1. The molecule has 0 saturated heterocycles. The average molecular weight is 351 g/mol. The highest BCUT2D eigenvalue weighted by Gasteiger charge is 2.08. The van der Waals surface area contributed by atoms with Gasteiger partial charge < -0.3 is 10.6 Å². The van der Waals surface area contributed by atoms with E-state index in [-0.39, 0.29) is 5.69 Å². The second-order valence-electron chi connectivity index (χ2n) is 5.64. The molecule has 132 valence electrons. The number of amides is 2. The monoisotopic (exact) mass is 351 g/mol. The Labute approximate surface area is 149 Å². The summed E-state index contributed by atoms with van der Waals surface area (Å²) in [6.45, 7) is 0.994. The lowest BCUT2D eigenvalue weighted by Gasteiger charge is -2.09. The smallest absolute Gasteiger partial charge is 0.319 e. The lowest BCUT2D eigenvalue weighted by Crippen LogP contribution is -2.28. The first-order valence-corrected chi connectivity index (χ1v) is 7.95. The van der Waals surface area contributed by atoms with Crippen molar-refractivity contribution in [3.05, 3.63) is 88.2 Å². The number of rotatable bonds is 6. The summed E-state index contributed by atoms with van der Waals surface area (Å²) in [6, 6.07) is 15.1. The molecule has 8 heteroatoms. The Morgan fingerprint density at radius 1 is 1.12 bits per heavy atom. The topological polar surface area (TPSA) is 102 Å². The summed E-state index contributed by atoms with van der Waals surface area (Å²) in [4.78, 5) is 22.3. The Morgan fingerprint density at radius 3 is 2.69 bits per heavy atom. The van der Waals surface area contributed by atoms with Gasteiger partial charge in [0.1, 0.15) is 0 Å². The molecule has 0 saturated carbocycles. The van der Waals surface area contributed by atoms with Crippen molar-refractivity contribution in [1.29, 1.82) is 0 Å². The number of nitrogens with one attached hydrogen (secondary N) is 2. The van der Waals surface area contributed by atoms with Crippen LogP contribution >= 0.6 is 0 Å². The van der Waals surface area contributed by atoms with Gasteiger partial charge in [0.25, 0.3) is 5.69 Å². The van der Waals surface area contributed by atoms with Crippen LogP contribution in [-0.4, -0.2) is 20.7 Å². The summed E-state index contributed by atoms with van der Waals surface area (Å²) >= 11 is 0. The van der Waals surface area contributed by atoms with Crippen LogP contribution in [0.15, 0.2) is 67.0 Å². The van der Waals surface area contributed by atoms with Gasteiger partial charge in [-0.1, -0.05) is 30.3 Å². The van der Waals surface area contributed by atoms with Crippen molar-refractivity contribution < 1.29 is 9.72 Å². The largest absolute Gasteiger partial charge is 0.334 e. The van der Waals surface area contributed by atoms with E-state index in [1.165, 1.54) is 18.2 Å². The van der Waals surface area contributed by atoms with E-state index in [1.807, 2.05) is 41.2 Å². The number of nitro benzene ring substituents is 1. The van der Waals surface area contributed by atoms with Crippen molar-refractivity contribution in [2.75, 3.05) is 5.32 Å². The minimum absolute atomic E-state index is 0.0749. The molecule has 1 aromatic heterocycles. The first-order valence-electron chi connectivity index (χ1n) is 7.95. The zero-order chi connectivity index (χ0) is 18.4. The molecule has 0 radical (unpaired) electrons. The fourth-order valence-corrected chi connectivity index (χ4v) is 2.47. The molecule has 2 aromatic carbocycles. The van der Waals surface area contributed by atoms with Crippen molar-refractivity contribution in [2.45, 2.75) is 13.1 Å². The Hall–Kier alpha value is -3.68. The third-order valence-corrected chi connectivity index (χ3v) is 3.66. The quantitative estimate of drug-likeness (QED) is 0.526. The van der Waals surface area contributed by atoms with Crippen LogP contribution < -0.4 is 10.6 Å². The Bertz CT molecular complexity index is 909. The zero-order valence-electron chi connectivity index (χ0n) is 13.8. The second-order valence-corrected chi connectivity index (χ2v) is 5.64. The van der Waals surface area contributed by atoms with Gasteiger partial charge in [-0.2, -0.15) is 5.10 Å². The molecule has 0 bridgehead atoms. The molecule has 0 spiro atoms. The number of nitrogens with zero attached hydrogens (tertiary/aromatic N) is 3.